The molecular formula is C14H21NO. The van der Waals surface area contributed by atoms with Gasteiger partial charge in [-0.15, -0.1) is 0 Å². The number of carbonyl (C=O) groups is 1. The second kappa shape index (κ2) is 6.31. The quantitative estimate of drug-likeness (QED) is 0.810. The topological polar surface area (TPSA) is 29.1 Å². The van der Waals surface area contributed by atoms with E-state index in [1.807, 2.05) is 31.2 Å². The Kier molecular flexibility index (Phi) is 5.03. The Morgan fingerprint density at radius 1 is 1.25 bits per heavy atom. The lowest BCUT2D eigenvalue weighted by Gasteiger charge is -2.15. The van der Waals surface area contributed by atoms with Gasteiger partial charge in [-0.1, -0.05) is 38.1 Å². The van der Waals surface area contributed by atoms with Crippen molar-refractivity contribution in [1.82, 2.24) is 5.32 Å². The van der Waals surface area contributed by atoms with Gasteiger partial charge >= 0.3 is 0 Å². The molecule has 0 fully saturated rings. The molecule has 1 N–H and O–H groups in total. The third kappa shape index (κ3) is 3.69. The minimum Gasteiger partial charge on any atom is -0.353 e. The molecule has 0 aliphatic heterocycles. The molecule has 16 heavy (non-hydrogen) atoms. The largest absolute Gasteiger partial charge is 0.353 e. The molecule has 0 aliphatic rings. The van der Waals surface area contributed by atoms with E-state index in [0.29, 0.717) is 12.5 Å². The first-order chi connectivity index (χ1) is 7.67. The monoisotopic (exact) mass is 219 g/mol. The zero-order valence-corrected chi connectivity index (χ0v) is 10.4. The molecular weight excluding hydrogens is 198 g/mol. The van der Waals surface area contributed by atoms with Gasteiger partial charge in [-0.05, 0) is 30.9 Å². The van der Waals surface area contributed by atoms with Gasteiger partial charge < -0.3 is 5.32 Å². The molecule has 0 heterocycles. The maximum absolute atomic E-state index is 11.8. The molecule has 1 aromatic rings. The standard InChI is InChI=1S/C14H21NO/c1-4-13(5-2)15-14(16)10-12-9-7-6-8-11(12)3/h6-9,13H,4-5,10H2,1-3H3,(H,15,16). The lowest BCUT2D eigenvalue weighted by molar-refractivity contribution is -0.121. The molecule has 0 aliphatic carbocycles. The Labute approximate surface area is 98.1 Å². The van der Waals surface area contributed by atoms with Gasteiger partial charge in [0, 0.05) is 6.04 Å². The minimum absolute atomic E-state index is 0.128. The van der Waals surface area contributed by atoms with Crippen molar-refractivity contribution in [2.24, 2.45) is 0 Å². The third-order valence-electron chi connectivity index (χ3n) is 2.96. The van der Waals surface area contributed by atoms with Gasteiger partial charge in [0.05, 0.1) is 6.42 Å². The zero-order chi connectivity index (χ0) is 12.0. The lowest BCUT2D eigenvalue weighted by atomic mass is 10.1. The van der Waals surface area contributed by atoms with E-state index in [2.05, 4.69) is 19.2 Å². The Bertz CT molecular complexity index is 342. The van der Waals surface area contributed by atoms with Crippen LogP contribution < -0.4 is 5.32 Å². The van der Waals surface area contributed by atoms with Crippen molar-refractivity contribution in [1.29, 1.82) is 0 Å². The van der Waals surface area contributed by atoms with Crippen LogP contribution in [0.3, 0.4) is 0 Å². The molecule has 2 heteroatoms. The molecule has 0 spiro atoms. The predicted molar refractivity (Wildman–Crippen MR) is 67.4 cm³/mol. The molecule has 2 nitrogen and oxygen atoms in total. The van der Waals surface area contributed by atoms with Gasteiger partial charge in [-0.25, -0.2) is 0 Å². The third-order valence-corrected chi connectivity index (χ3v) is 2.96. The molecule has 0 saturated carbocycles. The average Bonchev–Trinajstić information content (AvgIpc) is 2.29. The second-order valence-electron chi connectivity index (χ2n) is 4.18. The molecule has 1 amide bonds. The summed E-state index contributed by atoms with van der Waals surface area (Å²) in [7, 11) is 0. The smallest absolute Gasteiger partial charge is 0.224 e. The summed E-state index contributed by atoms with van der Waals surface area (Å²) in [6, 6.07) is 8.35. The Morgan fingerprint density at radius 2 is 1.88 bits per heavy atom. The van der Waals surface area contributed by atoms with Crippen molar-refractivity contribution in [3.05, 3.63) is 35.4 Å². The van der Waals surface area contributed by atoms with E-state index in [4.69, 9.17) is 0 Å². The molecule has 0 radical (unpaired) electrons. The summed E-state index contributed by atoms with van der Waals surface area (Å²) in [5, 5.41) is 3.05. The lowest BCUT2D eigenvalue weighted by Crippen LogP contribution is -2.34. The first-order valence-electron chi connectivity index (χ1n) is 6.01. The average molecular weight is 219 g/mol. The molecule has 0 saturated heterocycles. The van der Waals surface area contributed by atoms with Crippen LogP contribution >= 0.6 is 0 Å². The number of amides is 1. The van der Waals surface area contributed by atoms with Crippen molar-refractivity contribution in [3.63, 3.8) is 0 Å². The number of nitrogens with one attached hydrogen (secondary N) is 1. The van der Waals surface area contributed by atoms with E-state index < -0.39 is 0 Å². The second-order valence-corrected chi connectivity index (χ2v) is 4.18. The zero-order valence-electron chi connectivity index (χ0n) is 10.4. The highest BCUT2D eigenvalue weighted by Gasteiger charge is 2.09. The van der Waals surface area contributed by atoms with Crippen LogP contribution in [0.5, 0.6) is 0 Å². The maximum atomic E-state index is 11.8. The molecule has 0 bridgehead atoms. The molecule has 0 unspecified atom stereocenters. The molecule has 0 aromatic heterocycles. The SMILES string of the molecule is CCC(CC)NC(=O)Cc1ccccc1C. The van der Waals surface area contributed by atoms with Gasteiger partial charge in [-0.3, -0.25) is 4.79 Å². The van der Waals surface area contributed by atoms with Crippen LogP contribution in [0.2, 0.25) is 0 Å². The summed E-state index contributed by atoms with van der Waals surface area (Å²) < 4.78 is 0. The van der Waals surface area contributed by atoms with E-state index in [1.165, 1.54) is 5.56 Å². The van der Waals surface area contributed by atoms with Crippen molar-refractivity contribution in [2.75, 3.05) is 0 Å². The van der Waals surface area contributed by atoms with Crippen LogP contribution in [0, 0.1) is 6.92 Å². The summed E-state index contributed by atoms with van der Waals surface area (Å²) in [6.07, 6.45) is 2.48. The summed E-state index contributed by atoms with van der Waals surface area (Å²) in [5.74, 6) is 0.128. The number of aryl methyl sites for hydroxylation is 1. The normalized spacial score (nSPS) is 10.5. The van der Waals surface area contributed by atoms with Gasteiger partial charge in [0.2, 0.25) is 5.91 Å². The number of hydrogen-bond acceptors (Lipinski definition) is 1. The summed E-state index contributed by atoms with van der Waals surface area (Å²) in [5.41, 5.74) is 2.30. The van der Waals surface area contributed by atoms with Crippen LogP contribution in [0.4, 0.5) is 0 Å². The van der Waals surface area contributed by atoms with Crippen molar-refractivity contribution in [3.8, 4) is 0 Å². The maximum Gasteiger partial charge on any atom is 0.224 e. The fraction of sp³-hybridized carbons (Fsp3) is 0.500. The number of carbonyl (C=O) groups excluding carboxylic acids is 1. The predicted octanol–water partition coefficient (Wildman–Crippen LogP) is 2.84. The summed E-state index contributed by atoms with van der Waals surface area (Å²) in [4.78, 5) is 11.8. The molecule has 1 rings (SSSR count). The van der Waals surface area contributed by atoms with Crippen LogP contribution in [0.1, 0.15) is 37.8 Å². The van der Waals surface area contributed by atoms with E-state index in [1.54, 1.807) is 0 Å². The Morgan fingerprint density at radius 3 is 2.44 bits per heavy atom. The minimum atomic E-state index is 0.128. The van der Waals surface area contributed by atoms with Crippen molar-refractivity contribution in [2.45, 2.75) is 46.1 Å². The fourth-order valence-electron chi connectivity index (χ4n) is 1.75. The van der Waals surface area contributed by atoms with E-state index >= 15 is 0 Å². The van der Waals surface area contributed by atoms with Gasteiger partial charge in [0.1, 0.15) is 0 Å². The van der Waals surface area contributed by atoms with Gasteiger partial charge in [0.25, 0.3) is 0 Å². The summed E-state index contributed by atoms with van der Waals surface area (Å²) in [6.45, 7) is 6.24. The molecule has 88 valence electrons. The van der Waals surface area contributed by atoms with Crippen LogP contribution in [0.25, 0.3) is 0 Å². The van der Waals surface area contributed by atoms with E-state index in [9.17, 15) is 4.79 Å². The first-order valence-corrected chi connectivity index (χ1v) is 6.01. The highest BCUT2D eigenvalue weighted by molar-refractivity contribution is 5.79. The molecule has 1 aromatic carbocycles. The number of benzene rings is 1. The van der Waals surface area contributed by atoms with E-state index in [0.717, 1.165) is 18.4 Å². The van der Waals surface area contributed by atoms with E-state index in [-0.39, 0.29) is 5.91 Å². The van der Waals surface area contributed by atoms with Crippen LogP contribution in [-0.4, -0.2) is 11.9 Å². The summed E-state index contributed by atoms with van der Waals surface area (Å²) >= 11 is 0. The Balaban J connectivity index is 2.55. The highest BCUT2D eigenvalue weighted by atomic mass is 16.1. The van der Waals surface area contributed by atoms with Crippen LogP contribution in [-0.2, 0) is 11.2 Å². The van der Waals surface area contributed by atoms with Crippen molar-refractivity contribution < 1.29 is 4.79 Å². The van der Waals surface area contributed by atoms with Crippen molar-refractivity contribution >= 4 is 5.91 Å². The van der Waals surface area contributed by atoms with Crippen LogP contribution in [0.15, 0.2) is 24.3 Å². The molecule has 0 atom stereocenters. The number of rotatable bonds is 5. The Hall–Kier alpha value is -1.31. The first kappa shape index (κ1) is 12.8. The van der Waals surface area contributed by atoms with Gasteiger partial charge in [0.15, 0.2) is 0 Å². The number of hydrogen-bond donors (Lipinski definition) is 1. The fourth-order valence-corrected chi connectivity index (χ4v) is 1.75. The van der Waals surface area contributed by atoms with Gasteiger partial charge in [-0.2, -0.15) is 0 Å². The highest BCUT2D eigenvalue weighted by Crippen LogP contribution is 2.08.